The number of hydroxylamine groups is 2. The Balaban J connectivity index is 2.83. The highest BCUT2D eigenvalue weighted by Crippen LogP contribution is 2.41. The molecule has 0 aliphatic carbocycles. The molecular formula is C14H27NO5. The maximum absolute atomic E-state index is 11.5. The van der Waals surface area contributed by atoms with Gasteiger partial charge in [-0.2, -0.15) is 5.06 Å². The number of piperidine rings is 1. The van der Waals surface area contributed by atoms with Crippen molar-refractivity contribution >= 4 is 5.97 Å². The number of carboxylic acid groups (broad SMARTS) is 1. The zero-order valence-electron chi connectivity index (χ0n) is 13.0. The molecule has 1 unspecified atom stereocenters. The molecule has 118 valence electrons. The van der Waals surface area contributed by atoms with Crippen LogP contribution in [0.5, 0.6) is 0 Å². The van der Waals surface area contributed by atoms with Gasteiger partial charge in [0.05, 0.1) is 13.2 Å². The first-order chi connectivity index (χ1) is 9.12. The van der Waals surface area contributed by atoms with E-state index in [1.165, 1.54) is 5.06 Å². The average Bonchev–Trinajstić information content (AvgIpc) is 2.30. The molecule has 0 aromatic heterocycles. The zero-order valence-corrected chi connectivity index (χ0v) is 13.0. The van der Waals surface area contributed by atoms with E-state index in [1.54, 1.807) is 7.11 Å². The largest absolute Gasteiger partial charge is 0.479 e. The van der Waals surface area contributed by atoms with Gasteiger partial charge in [0.15, 0.2) is 6.10 Å². The van der Waals surface area contributed by atoms with E-state index in [1.807, 2.05) is 27.7 Å². The Labute approximate surface area is 120 Å². The van der Waals surface area contributed by atoms with Crippen LogP contribution in [-0.4, -0.2) is 58.9 Å². The summed E-state index contributed by atoms with van der Waals surface area (Å²) in [4.78, 5) is 11.5. The Hall–Kier alpha value is -0.690. The molecule has 1 fully saturated rings. The topological polar surface area (TPSA) is 79.2 Å². The third kappa shape index (κ3) is 3.91. The van der Waals surface area contributed by atoms with Crippen molar-refractivity contribution in [2.24, 2.45) is 5.92 Å². The number of aliphatic carboxylic acids is 1. The Morgan fingerprint density at radius 3 is 2.15 bits per heavy atom. The van der Waals surface area contributed by atoms with Crippen molar-refractivity contribution in [2.45, 2.75) is 57.7 Å². The molecule has 6 nitrogen and oxygen atoms in total. The van der Waals surface area contributed by atoms with Crippen LogP contribution in [-0.2, 0) is 14.3 Å². The maximum Gasteiger partial charge on any atom is 0.333 e. The molecule has 1 aliphatic rings. The van der Waals surface area contributed by atoms with Crippen LogP contribution in [0.2, 0.25) is 0 Å². The summed E-state index contributed by atoms with van der Waals surface area (Å²) in [5.41, 5.74) is -0.963. The van der Waals surface area contributed by atoms with E-state index in [2.05, 4.69) is 0 Å². The Kier molecular flexibility index (Phi) is 5.54. The van der Waals surface area contributed by atoms with Gasteiger partial charge in [-0.1, -0.05) is 0 Å². The second kappa shape index (κ2) is 6.39. The van der Waals surface area contributed by atoms with Crippen molar-refractivity contribution in [1.82, 2.24) is 5.06 Å². The smallest absolute Gasteiger partial charge is 0.333 e. The Morgan fingerprint density at radius 1 is 1.25 bits per heavy atom. The van der Waals surface area contributed by atoms with Crippen molar-refractivity contribution in [3.05, 3.63) is 0 Å². The highest BCUT2D eigenvalue weighted by atomic mass is 16.5. The zero-order chi connectivity index (χ0) is 15.6. The van der Waals surface area contributed by atoms with Gasteiger partial charge in [-0.05, 0) is 46.5 Å². The van der Waals surface area contributed by atoms with Gasteiger partial charge in [0.2, 0.25) is 0 Å². The molecule has 1 heterocycles. The third-order valence-corrected chi connectivity index (χ3v) is 3.93. The first kappa shape index (κ1) is 17.4. The summed E-state index contributed by atoms with van der Waals surface area (Å²) in [6.45, 7) is 8.27. The molecule has 0 aromatic carbocycles. The molecule has 1 aliphatic heterocycles. The van der Waals surface area contributed by atoms with E-state index in [9.17, 15) is 15.1 Å². The van der Waals surface area contributed by atoms with Crippen LogP contribution < -0.4 is 0 Å². The van der Waals surface area contributed by atoms with E-state index in [0.717, 1.165) is 0 Å². The van der Waals surface area contributed by atoms with Gasteiger partial charge in [0.1, 0.15) is 0 Å². The summed E-state index contributed by atoms with van der Waals surface area (Å²) in [6, 6.07) is 0. The molecule has 0 spiro atoms. The number of ether oxygens (including phenoxy) is 2. The number of nitrogens with zero attached hydrogens (tertiary/aromatic N) is 1. The molecule has 1 saturated heterocycles. The third-order valence-electron chi connectivity index (χ3n) is 3.93. The van der Waals surface area contributed by atoms with Crippen LogP contribution in [0.25, 0.3) is 0 Å². The van der Waals surface area contributed by atoms with Crippen LogP contribution in [0.15, 0.2) is 0 Å². The SMILES string of the molecule is COCCOC(C(=O)O)C1CC(C)(C)N(O)C(C)(C)C1. The standard InChI is InChI=1S/C14H27NO5/c1-13(2)8-10(9-14(3,4)15(13)18)11(12(16)17)20-7-6-19-5/h10-11,18H,6-9H2,1-5H3,(H,16,17). The Morgan fingerprint density at radius 2 is 1.75 bits per heavy atom. The molecule has 0 aromatic rings. The van der Waals surface area contributed by atoms with Gasteiger partial charge in [0.25, 0.3) is 0 Å². The highest BCUT2D eigenvalue weighted by Gasteiger charge is 2.48. The van der Waals surface area contributed by atoms with E-state index in [0.29, 0.717) is 19.4 Å². The van der Waals surface area contributed by atoms with E-state index in [4.69, 9.17) is 9.47 Å². The van der Waals surface area contributed by atoms with Crippen LogP contribution in [0.3, 0.4) is 0 Å². The van der Waals surface area contributed by atoms with Crippen LogP contribution in [0, 0.1) is 5.92 Å². The molecule has 6 heteroatoms. The summed E-state index contributed by atoms with van der Waals surface area (Å²) >= 11 is 0. The summed E-state index contributed by atoms with van der Waals surface area (Å²) in [5.74, 6) is -1.10. The summed E-state index contributed by atoms with van der Waals surface area (Å²) in [7, 11) is 1.55. The predicted octanol–water partition coefficient (Wildman–Crippen LogP) is 1.76. The second-order valence-electron chi connectivity index (χ2n) is 6.73. The minimum Gasteiger partial charge on any atom is -0.479 e. The fourth-order valence-corrected chi connectivity index (χ4v) is 3.23. The van der Waals surface area contributed by atoms with Crippen LogP contribution >= 0.6 is 0 Å². The molecule has 0 radical (unpaired) electrons. The first-order valence-corrected chi connectivity index (χ1v) is 6.94. The lowest BCUT2D eigenvalue weighted by Crippen LogP contribution is -2.61. The van der Waals surface area contributed by atoms with Gasteiger partial charge in [-0.15, -0.1) is 0 Å². The number of carboxylic acids is 1. The van der Waals surface area contributed by atoms with Crippen molar-refractivity contribution in [3.63, 3.8) is 0 Å². The van der Waals surface area contributed by atoms with Gasteiger partial charge in [0, 0.05) is 18.2 Å². The fraction of sp³-hybridized carbons (Fsp3) is 0.929. The minimum atomic E-state index is -0.955. The van der Waals surface area contributed by atoms with Gasteiger partial charge in [-0.25, -0.2) is 4.79 Å². The maximum atomic E-state index is 11.5. The van der Waals surface area contributed by atoms with Gasteiger partial charge >= 0.3 is 5.97 Å². The number of hydrogen-bond acceptors (Lipinski definition) is 5. The fourth-order valence-electron chi connectivity index (χ4n) is 3.23. The number of carbonyl (C=O) groups is 1. The number of methoxy groups -OCH3 is 1. The van der Waals surface area contributed by atoms with Crippen molar-refractivity contribution in [3.8, 4) is 0 Å². The lowest BCUT2D eigenvalue weighted by molar-refractivity contribution is -0.258. The predicted molar refractivity (Wildman–Crippen MR) is 73.8 cm³/mol. The van der Waals surface area contributed by atoms with E-state index < -0.39 is 23.2 Å². The molecular weight excluding hydrogens is 262 g/mol. The van der Waals surface area contributed by atoms with Crippen molar-refractivity contribution in [1.29, 1.82) is 0 Å². The van der Waals surface area contributed by atoms with Crippen LogP contribution in [0.1, 0.15) is 40.5 Å². The summed E-state index contributed by atoms with van der Waals surface area (Å²) in [5, 5.41) is 21.0. The first-order valence-electron chi connectivity index (χ1n) is 6.94. The molecule has 0 bridgehead atoms. The van der Waals surface area contributed by atoms with Crippen molar-refractivity contribution in [2.75, 3.05) is 20.3 Å². The lowest BCUT2D eigenvalue weighted by Gasteiger charge is -2.52. The molecule has 2 N–H and O–H groups in total. The summed E-state index contributed by atoms with van der Waals surface area (Å²) < 4.78 is 10.4. The Bertz CT molecular complexity index is 324. The van der Waals surface area contributed by atoms with Gasteiger partial charge in [-0.3, -0.25) is 0 Å². The molecule has 1 atom stereocenters. The minimum absolute atomic E-state index is 0.141. The molecule has 0 saturated carbocycles. The van der Waals surface area contributed by atoms with Gasteiger partial charge < -0.3 is 19.8 Å². The number of hydrogen-bond donors (Lipinski definition) is 2. The number of rotatable bonds is 6. The monoisotopic (exact) mass is 289 g/mol. The molecule has 1 rings (SSSR count). The van der Waals surface area contributed by atoms with E-state index >= 15 is 0 Å². The second-order valence-corrected chi connectivity index (χ2v) is 6.73. The van der Waals surface area contributed by atoms with Crippen LogP contribution in [0.4, 0.5) is 0 Å². The highest BCUT2D eigenvalue weighted by molar-refractivity contribution is 5.72. The molecule has 20 heavy (non-hydrogen) atoms. The summed E-state index contributed by atoms with van der Waals surface area (Å²) in [6.07, 6.45) is 0.269. The molecule has 0 amide bonds. The average molecular weight is 289 g/mol. The normalized spacial score (nSPS) is 24.5. The lowest BCUT2D eigenvalue weighted by atomic mass is 9.73. The van der Waals surface area contributed by atoms with Crippen molar-refractivity contribution < 1.29 is 24.6 Å². The quantitative estimate of drug-likeness (QED) is 0.725. The van der Waals surface area contributed by atoms with E-state index in [-0.39, 0.29) is 12.5 Å².